The third-order valence-electron chi connectivity index (χ3n) is 3.07. The molecule has 0 bridgehead atoms. The van der Waals surface area contributed by atoms with E-state index in [0.717, 1.165) is 5.13 Å². The van der Waals surface area contributed by atoms with Crippen molar-refractivity contribution in [3.05, 3.63) is 33.0 Å². The first-order valence-electron chi connectivity index (χ1n) is 6.52. The lowest BCUT2D eigenvalue weighted by atomic mass is 10.0. The molecule has 0 fully saturated rings. The lowest BCUT2D eigenvalue weighted by Crippen LogP contribution is -2.41. The van der Waals surface area contributed by atoms with Crippen LogP contribution in [0.25, 0.3) is 5.13 Å². The Morgan fingerprint density at radius 1 is 1.16 bits per heavy atom. The van der Waals surface area contributed by atoms with Gasteiger partial charge in [0.15, 0.2) is 0 Å². The molecule has 102 valence electrons. The van der Waals surface area contributed by atoms with Crippen molar-refractivity contribution in [2.45, 2.75) is 46.5 Å². The van der Waals surface area contributed by atoms with E-state index in [1.54, 1.807) is 0 Å². The molecule has 0 aliphatic rings. The van der Waals surface area contributed by atoms with Crippen LogP contribution in [0.5, 0.6) is 0 Å². The Labute approximate surface area is 123 Å². The maximum Gasteiger partial charge on any atom is 0.413 e. The molecule has 2 rings (SSSR count). The molecule has 1 N–H and O–H groups in total. The van der Waals surface area contributed by atoms with Crippen LogP contribution in [0.2, 0.25) is 0 Å². The van der Waals surface area contributed by atoms with Crippen molar-refractivity contribution in [3.63, 3.8) is 0 Å². The quantitative estimate of drug-likeness (QED) is 0.684. The first kappa shape index (κ1) is 14.3. The molecule has 0 saturated heterocycles. The number of rotatable bonds is 3. The van der Waals surface area contributed by atoms with Gasteiger partial charge in [-0.15, -0.1) is 0 Å². The van der Waals surface area contributed by atoms with Gasteiger partial charge in [0, 0.05) is 11.8 Å². The third-order valence-corrected chi connectivity index (χ3v) is 4.14. The number of nitrogens with zero attached hydrogens (tertiary/aromatic N) is 2. The van der Waals surface area contributed by atoms with Gasteiger partial charge in [-0.3, -0.25) is 0 Å². The zero-order valence-corrected chi connectivity index (χ0v) is 13.7. The normalized spacial score (nSPS) is 11.5. The molecule has 2 aromatic heterocycles. The third kappa shape index (κ3) is 2.92. The van der Waals surface area contributed by atoms with Crippen molar-refractivity contribution in [2.75, 3.05) is 0 Å². The Balaban J connectivity index is 2.77. The van der Waals surface area contributed by atoms with Crippen molar-refractivity contribution >= 4 is 23.6 Å². The highest BCUT2D eigenvalue weighted by Gasteiger charge is 2.24. The number of nitrogens with one attached hydrogen (secondary N) is 1. The number of pyridine rings is 1. The Kier molecular flexibility index (Phi) is 4.16. The molecule has 0 aliphatic heterocycles. The molecule has 0 spiro atoms. The number of aromatic nitrogens is 3. The van der Waals surface area contributed by atoms with Gasteiger partial charge in [0.25, 0.3) is 0 Å². The van der Waals surface area contributed by atoms with E-state index in [9.17, 15) is 0 Å². The number of H-pyrrole nitrogens is 1. The van der Waals surface area contributed by atoms with Gasteiger partial charge in [-0.2, -0.15) is 9.67 Å². The molecule has 2 aromatic rings. The van der Waals surface area contributed by atoms with E-state index in [-0.39, 0.29) is 0 Å². The number of aromatic amines is 1. The molecule has 0 unspecified atom stereocenters. The molecule has 0 aromatic carbocycles. The second-order valence-corrected chi connectivity index (χ2v) is 7.07. The zero-order chi connectivity index (χ0) is 14.2. The number of aryl methyl sites for hydroxylation is 1. The first-order valence-corrected chi connectivity index (χ1v) is 7.75. The molecular formula is C14H20N3S2+. The van der Waals surface area contributed by atoms with Crippen LogP contribution in [0.1, 0.15) is 56.5 Å². The van der Waals surface area contributed by atoms with E-state index in [1.165, 1.54) is 28.3 Å². The van der Waals surface area contributed by atoms with Gasteiger partial charge in [0.2, 0.25) is 3.95 Å². The molecule has 0 saturated carbocycles. The summed E-state index contributed by atoms with van der Waals surface area (Å²) in [5, 5.41) is 8.16. The largest absolute Gasteiger partial charge is 0.413 e. The zero-order valence-electron chi connectivity index (χ0n) is 12.0. The molecule has 0 atom stereocenters. The topological polar surface area (TPSA) is 32.6 Å². The van der Waals surface area contributed by atoms with E-state index in [1.807, 2.05) is 0 Å². The van der Waals surface area contributed by atoms with Crippen LogP contribution in [0.15, 0.2) is 12.1 Å². The Morgan fingerprint density at radius 2 is 1.68 bits per heavy atom. The van der Waals surface area contributed by atoms with Gasteiger partial charge >= 0.3 is 5.13 Å². The maximum absolute atomic E-state index is 5.16. The SMILES string of the molecule is Cc1cc(C(C)C)[n+](-c2n[nH]c(=S)s2)c(C(C)C)c1. The molecule has 0 amide bonds. The summed E-state index contributed by atoms with van der Waals surface area (Å²) in [6, 6.07) is 4.47. The van der Waals surface area contributed by atoms with Crippen LogP contribution in [-0.2, 0) is 0 Å². The van der Waals surface area contributed by atoms with E-state index in [4.69, 9.17) is 12.2 Å². The second-order valence-electron chi connectivity index (χ2n) is 5.42. The monoisotopic (exact) mass is 294 g/mol. The van der Waals surface area contributed by atoms with Crippen molar-refractivity contribution < 1.29 is 4.57 Å². The fourth-order valence-corrected chi connectivity index (χ4v) is 3.09. The van der Waals surface area contributed by atoms with Crippen LogP contribution in [0.4, 0.5) is 0 Å². The summed E-state index contributed by atoms with van der Waals surface area (Å²) in [5.74, 6) is 0.879. The summed E-state index contributed by atoms with van der Waals surface area (Å²) in [7, 11) is 0. The van der Waals surface area contributed by atoms with Crippen LogP contribution < -0.4 is 4.57 Å². The van der Waals surface area contributed by atoms with Crippen LogP contribution >= 0.6 is 23.6 Å². The van der Waals surface area contributed by atoms with Gasteiger partial charge in [0.05, 0.1) is 5.10 Å². The molecule has 0 radical (unpaired) electrons. The Morgan fingerprint density at radius 3 is 2.05 bits per heavy atom. The molecular weight excluding hydrogens is 274 g/mol. The molecule has 5 heteroatoms. The van der Waals surface area contributed by atoms with Gasteiger partial charge in [-0.05, 0) is 48.2 Å². The predicted octanol–water partition coefficient (Wildman–Crippen LogP) is 4.03. The molecule has 19 heavy (non-hydrogen) atoms. The Hall–Kier alpha value is -1.07. The second kappa shape index (κ2) is 5.51. The number of hydrogen-bond donors (Lipinski definition) is 1. The van der Waals surface area contributed by atoms with Crippen molar-refractivity contribution in [1.82, 2.24) is 10.2 Å². The highest BCUT2D eigenvalue weighted by Crippen LogP contribution is 2.21. The minimum absolute atomic E-state index is 0.440. The minimum Gasteiger partial charge on any atom is -0.186 e. The maximum atomic E-state index is 5.16. The summed E-state index contributed by atoms with van der Waals surface area (Å²) in [4.78, 5) is 0. The molecule has 0 aliphatic carbocycles. The van der Waals surface area contributed by atoms with Crippen molar-refractivity contribution in [2.24, 2.45) is 0 Å². The smallest absolute Gasteiger partial charge is 0.186 e. The van der Waals surface area contributed by atoms with Crippen molar-refractivity contribution in [1.29, 1.82) is 0 Å². The van der Waals surface area contributed by atoms with Crippen LogP contribution in [0.3, 0.4) is 0 Å². The minimum atomic E-state index is 0.440. The lowest BCUT2D eigenvalue weighted by molar-refractivity contribution is -0.615. The molecule has 3 nitrogen and oxygen atoms in total. The van der Waals surface area contributed by atoms with Crippen LogP contribution in [-0.4, -0.2) is 10.2 Å². The van der Waals surface area contributed by atoms with Crippen molar-refractivity contribution in [3.8, 4) is 5.13 Å². The highest BCUT2D eigenvalue weighted by atomic mass is 32.1. The molecule has 2 heterocycles. The summed E-state index contributed by atoms with van der Waals surface area (Å²) < 4.78 is 2.96. The van der Waals surface area contributed by atoms with E-state index in [0.29, 0.717) is 15.8 Å². The van der Waals surface area contributed by atoms with Gasteiger partial charge in [-0.25, -0.2) is 0 Å². The Bertz CT molecular complexity index is 609. The first-order chi connectivity index (χ1) is 8.90. The summed E-state index contributed by atoms with van der Waals surface area (Å²) in [5.41, 5.74) is 3.85. The van der Waals surface area contributed by atoms with Gasteiger partial charge < -0.3 is 0 Å². The van der Waals surface area contributed by atoms with E-state index >= 15 is 0 Å². The highest BCUT2D eigenvalue weighted by molar-refractivity contribution is 7.73. The summed E-state index contributed by atoms with van der Waals surface area (Å²) in [6.45, 7) is 11.0. The average molecular weight is 294 g/mol. The summed E-state index contributed by atoms with van der Waals surface area (Å²) in [6.07, 6.45) is 0. The standard InChI is InChI=1S/C14H19N3S2/c1-8(2)11-6-10(5)7-12(9(3)4)17(11)13-15-16-14(18)19-13/h6-9H,1-5H3/p+1. The summed E-state index contributed by atoms with van der Waals surface area (Å²) >= 11 is 6.68. The van der Waals surface area contributed by atoms with Crippen LogP contribution in [0, 0.1) is 10.9 Å². The van der Waals surface area contributed by atoms with Gasteiger partial charge in [0.1, 0.15) is 11.4 Å². The van der Waals surface area contributed by atoms with E-state index in [2.05, 4.69) is 61.5 Å². The fourth-order valence-electron chi connectivity index (χ4n) is 2.17. The fraction of sp³-hybridized carbons (Fsp3) is 0.500. The van der Waals surface area contributed by atoms with Gasteiger partial charge in [-0.1, -0.05) is 27.7 Å². The van der Waals surface area contributed by atoms with E-state index < -0.39 is 0 Å². The lowest BCUT2D eigenvalue weighted by Gasteiger charge is -2.15. The average Bonchev–Trinajstić information content (AvgIpc) is 2.74. The number of hydrogen-bond acceptors (Lipinski definition) is 3. The predicted molar refractivity (Wildman–Crippen MR) is 81.7 cm³/mol.